The minimum atomic E-state index is -0.309. The molecule has 0 aliphatic heterocycles. The number of anilines is 1. The number of amides is 1. The molecule has 0 spiro atoms. The number of hydrogen-bond donors (Lipinski definition) is 1. The Morgan fingerprint density at radius 2 is 1.81 bits per heavy atom. The molecule has 5 nitrogen and oxygen atoms in total. The van der Waals surface area contributed by atoms with Gasteiger partial charge in [-0.2, -0.15) is 0 Å². The summed E-state index contributed by atoms with van der Waals surface area (Å²) in [5, 5.41) is 2.85. The van der Waals surface area contributed by atoms with E-state index in [0.29, 0.717) is 24.7 Å². The van der Waals surface area contributed by atoms with Gasteiger partial charge in [0.2, 0.25) is 5.91 Å². The van der Waals surface area contributed by atoms with Crippen LogP contribution >= 0.6 is 0 Å². The number of ether oxygens (including phenoxy) is 2. The molecule has 0 aliphatic rings. The third kappa shape index (κ3) is 5.92. The van der Waals surface area contributed by atoms with E-state index in [4.69, 9.17) is 9.47 Å². The van der Waals surface area contributed by atoms with Crippen LogP contribution in [0.15, 0.2) is 48.5 Å². The molecule has 26 heavy (non-hydrogen) atoms. The fraction of sp³-hybridized carbons (Fsp3) is 0.333. The smallest absolute Gasteiger partial charge is 0.310 e. The van der Waals surface area contributed by atoms with Crippen LogP contribution in [0, 0.1) is 5.92 Å². The predicted octanol–water partition coefficient (Wildman–Crippen LogP) is 3.97. The van der Waals surface area contributed by atoms with Crippen LogP contribution in [0.2, 0.25) is 0 Å². The van der Waals surface area contributed by atoms with Crippen LogP contribution in [0.4, 0.5) is 5.69 Å². The summed E-state index contributed by atoms with van der Waals surface area (Å²) in [7, 11) is 0. The van der Waals surface area contributed by atoms with E-state index >= 15 is 0 Å². The van der Waals surface area contributed by atoms with E-state index in [2.05, 4.69) is 5.32 Å². The molecule has 0 atom stereocenters. The Balaban J connectivity index is 2.19. The Kier molecular flexibility index (Phi) is 7.21. The van der Waals surface area contributed by atoms with Gasteiger partial charge in [-0.1, -0.05) is 50.2 Å². The van der Waals surface area contributed by atoms with Crippen molar-refractivity contribution >= 4 is 17.6 Å². The van der Waals surface area contributed by atoms with E-state index in [9.17, 15) is 9.59 Å². The summed E-state index contributed by atoms with van der Waals surface area (Å²) >= 11 is 0. The number of hydrogen-bond acceptors (Lipinski definition) is 4. The summed E-state index contributed by atoms with van der Waals surface area (Å²) in [5.41, 5.74) is 2.38. The maximum absolute atomic E-state index is 11.9. The lowest BCUT2D eigenvalue weighted by Gasteiger charge is -2.14. The van der Waals surface area contributed by atoms with Gasteiger partial charge in [-0.3, -0.25) is 9.59 Å². The molecule has 0 unspecified atom stereocenters. The second-order valence-corrected chi connectivity index (χ2v) is 6.22. The number of carbonyl (C=O) groups is 2. The number of carbonyl (C=O) groups excluding carboxylic acids is 2. The van der Waals surface area contributed by atoms with Gasteiger partial charge in [0, 0.05) is 23.2 Å². The number of esters is 1. The zero-order chi connectivity index (χ0) is 18.9. The van der Waals surface area contributed by atoms with Crippen molar-refractivity contribution in [1.29, 1.82) is 0 Å². The van der Waals surface area contributed by atoms with Crippen LogP contribution in [0.25, 0.3) is 0 Å². The van der Waals surface area contributed by atoms with Crippen LogP contribution in [-0.2, 0) is 27.4 Å². The Hall–Kier alpha value is -2.82. The highest BCUT2D eigenvalue weighted by Crippen LogP contribution is 2.26. The molecule has 0 fully saturated rings. The molecule has 0 aliphatic carbocycles. The monoisotopic (exact) mass is 355 g/mol. The van der Waals surface area contributed by atoms with Gasteiger partial charge in [0.1, 0.15) is 12.4 Å². The lowest BCUT2D eigenvalue weighted by Crippen LogP contribution is -2.18. The normalized spacial score (nSPS) is 10.5. The first-order valence-electron chi connectivity index (χ1n) is 8.75. The van der Waals surface area contributed by atoms with Crippen LogP contribution in [0.5, 0.6) is 5.75 Å². The van der Waals surface area contributed by atoms with Crippen molar-refractivity contribution in [1.82, 2.24) is 0 Å². The van der Waals surface area contributed by atoms with Crippen LogP contribution < -0.4 is 10.1 Å². The van der Waals surface area contributed by atoms with E-state index < -0.39 is 0 Å². The molecule has 0 saturated carbocycles. The topological polar surface area (TPSA) is 64.6 Å². The standard InChI is InChI=1S/C21H25NO4/c1-4-25-20(23)12-17-10-11-18(22-21(24)15(2)3)13-19(17)26-14-16-8-6-5-7-9-16/h5-11,13,15H,4,12,14H2,1-3H3,(H,22,24). The van der Waals surface area contributed by atoms with Crippen LogP contribution in [0.1, 0.15) is 31.9 Å². The van der Waals surface area contributed by atoms with Gasteiger partial charge in [0.25, 0.3) is 0 Å². The molecule has 2 aromatic carbocycles. The molecule has 5 heteroatoms. The molecule has 1 N–H and O–H groups in total. The minimum absolute atomic E-state index is 0.0721. The average Bonchev–Trinajstić information content (AvgIpc) is 2.62. The molecule has 0 radical (unpaired) electrons. The van der Waals surface area contributed by atoms with Crippen molar-refractivity contribution in [3.8, 4) is 5.75 Å². The summed E-state index contributed by atoms with van der Waals surface area (Å²) in [6.07, 6.45) is 0.121. The second kappa shape index (κ2) is 9.61. The Morgan fingerprint density at radius 3 is 2.46 bits per heavy atom. The first-order chi connectivity index (χ1) is 12.5. The summed E-state index contributed by atoms with van der Waals surface area (Å²) < 4.78 is 11.0. The number of nitrogens with one attached hydrogen (secondary N) is 1. The van der Waals surface area contributed by atoms with E-state index in [-0.39, 0.29) is 24.2 Å². The molecular formula is C21H25NO4. The minimum Gasteiger partial charge on any atom is -0.489 e. The van der Waals surface area contributed by atoms with Gasteiger partial charge < -0.3 is 14.8 Å². The zero-order valence-corrected chi connectivity index (χ0v) is 15.5. The molecule has 2 aromatic rings. The molecule has 2 rings (SSSR count). The predicted molar refractivity (Wildman–Crippen MR) is 101 cm³/mol. The zero-order valence-electron chi connectivity index (χ0n) is 15.5. The number of benzene rings is 2. The van der Waals surface area contributed by atoms with Gasteiger partial charge in [0.05, 0.1) is 13.0 Å². The lowest BCUT2D eigenvalue weighted by molar-refractivity contribution is -0.142. The van der Waals surface area contributed by atoms with Crippen LogP contribution in [0.3, 0.4) is 0 Å². The SMILES string of the molecule is CCOC(=O)Cc1ccc(NC(=O)C(C)C)cc1OCc1ccccc1. The highest BCUT2D eigenvalue weighted by atomic mass is 16.5. The lowest BCUT2D eigenvalue weighted by atomic mass is 10.1. The van der Waals surface area contributed by atoms with Crippen molar-refractivity contribution in [3.63, 3.8) is 0 Å². The molecular weight excluding hydrogens is 330 g/mol. The summed E-state index contributed by atoms with van der Waals surface area (Å²) in [4.78, 5) is 23.8. The highest BCUT2D eigenvalue weighted by Gasteiger charge is 2.13. The van der Waals surface area contributed by atoms with E-state index in [1.165, 1.54) is 0 Å². The third-order valence-electron chi connectivity index (χ3n) is 3.74. The summed E-state index contributed by atoms with van der Waals surface area (Å²) in [6.45, 7) is 6.14. The van der Waals surface area contributed by atoms with Crippen molar-refractivity contribution in [2.75, 3.05) is 11.9 Å². The van der Waals surface area contributed by atoms with Gasteiger partial charge in [-0.05, 0) is 18.6 Å². The first-order valence-corrected chi connectivity index (χ1v) is 8.75. The largest absolute Gasteiger partial charge is 0.489 e. The molecule has 0 saturated heterocycles. The first kappa shape index (κ1) is 19.5. The summed E-state index contributed by atoms with van der Waals surface area (Å²) in [5.74, 6) is 0.0551. The van der Waals surface area contributed by atoms with E-state index in [1.54, 1.807) is 25.1 Å². The van der Waals surface area contributed by atoms with Crippen molar-refractivity contribution in [2.45, 2.75) is 33.8 Å². The van der Waals surface area contributed by atoms with E-state index in [1.807, 2.05) is 44.2 Å². The van der Waals surface area contributed by atoms with Crippen LogP contribution in [-0.4, -0.2) is 18.5 Å². The fourth-order valence-corrected chi connectivity index (χ4v) is 2.30. The van der Waals surface area contributed by atoms with Crippen molar-refractivity contribution in [3.05, 3.63) is 59.7 Å². The Labute approximate surface area is 154 Å². The van der Waals surface area contributed by atoms with Gasteiger partial charge in [-0.15, -0.1) is 0 Å². The maximum atomic E-state index is 11.9. The van der Waals surface area contributed by atoms with Gasteiger partial charge in [-0.25, -0.2) is 0 Å². The molecule has 1 amide bonds. The third-order valence-corrected chi connectivity index (χ3v) is 3.74. The Bertz CT molecular complexity index is 741. The Morgan fingerprint density at radius 1 is 1.08 bits per heavy atom. The molecule has 0 heterocycles. The fourth-order valence-electron chi connectivity index (χ4n) is 2.30. The quantitative estimate of drug-likeness (QED) is 0.728. The average molecular weight is 355 g/mol. The van der Waals surface area contributed by atoms with E-state index in [0.717, 1.165) is 11.1 Å². The summed E-state index contributed by atoms with van der Waals surface area (Å²) in [6, 6.07) is 15.1. The van der Waals surface area contributed by atoms with Gasteiger partial charge in [0.15, 0.2) is 0 Å². The van der Waals surface area contributed by atoms with Crippen molar-refractivity contribution < 1.29 is 19.1 Å². The highest BCUT2D eigenvalue weighted by molar-refractivity contribution is 5.92. The maximum Gasteiger partial charge on any atom is 0.310 e. The number of rotatable bonds is 8. The van der Waals surface area contributed by atoms with Gasteiger partial charge >= 0.3 is 5.97 Å². The second-order valence-electron chi connectivity index (χ2n) is 6.22. The molecule has 0 bridgehead atoms. The molecule has 138 valence electrons. The molecule has 0 aromatic heterocycles. The van der Waals surface area contributed by atoms with Crippen molar-refractivity contribution in [2.24, 2.45) is 5.92 Å².